The Morgan fingerprint density at radius 2 is 2.10 bits per heavy atom. The van der Waals surface area contributed by atoms with E-state index in [1.165, 1.54) is 12.0 Å². The summed E-state index contributed by atoms with van der Waals surface area (Å²) in [5, 5.41) is 0.472. The number of ether oxygens (including phenoxy) is 1. The fraction of sp³-hybridized carbons (Fsp3) is 0.133. The second-order valence-corrected chi connectivity index (χ2v) is 4.99. The molecule has 5 nitrogen and oxygen atoms in total. The van der Waals surface area contributed by atoms with Gasteiger partial charge in [-0.05, 0) is 24.3 Å². The number of benzene rings is 1. The van der Waals surface area contributed by atoms with Crippen molar-refractivity contribution in [3.8, 4) is 5.88 Å². The minimum absolute atomic E-state index is 0.203. The molecule has 3 rings (SSSR count). The molecule has 0 unspecified atom stereocenters. The number of hydrogen-bond donors (Lipinski definition) is 0. The lowest BCUT2D eigenvalue weighted by molar-refractivity contribution is -0.114. The first-order valence-corrected chi connectivity index (χ1v) is 6.63. The molecular formula is C15H11ClN2O3. The molecule has 0 bridgehead atoms. The monoisotopic (exact) mass is 302 g/mol. The highest BCUT2D eigenvalue weighted by Gasteiger charge is 2.36. The van der Waals surface area contributed by atoms with Gasteiger partial charge in [-0.1, -0.05) is 17.7 Å². The van der Waals surface area contributed by atoms with Gasteiger partial charge in [0.05, 0.1) is 24.9 Å². The summed E-state index contributed by atoms with van der Waals surface area (Å²) in [4.78, 5) is 29.6. The van der Waals surface area contributed by atoms with Gasteiger partial charge in [0, 0.05) is 16.8 Å². The first-order valence-electron chi connectivity index (χ1n) is 6.25. The number of halogens is 1. The maximum Gasteiger partial charge on any atom is 0.299 e. The summed E-state index contributed by atoms with van der Waals surface area (Å²) in [5.74, 6) is -0.670. The van der Waals surface area contributed by atoms with E-state index in [9.17, 15) is 9.59 Å². The standard InChI is InChI=1S/C15H11ClN2O3/c1-21-14-9(3-2-6-17-14)8-18-12-7-10(16)4-5-11(12)13(19)15(18)20/h2-7H,8H2,1H3. The highest BCUT2D eigenvalue weighted by molar-refractivity contribution is 6.52. The van der Waals surface area contributed by atoms with Crippen LogP contribution in [0, 0.1) is 0 Å². The number of hydrogen-bond acceptors (Lipinski definition) is 4. The fourth-order valence-electron chi connectivity index (χ4n) is 2.32. The number of rotatable bonds is 3. The average Bonchev–Trinajstić information content (AvgIpc) is 2.72. The SMILES string of the molecule is COc1ncccc1CN1C(=O)C(=O)c2ccc(Cl)cc21. The topological polar surface area (TPSA) is 59.5 Å². The Labute approximate surface area is 126 Å². The number of nitrogens with zero attached hydrogens (tertiary/aromatic N) is 2. The third kappa shape index (κ3) is 2.25. The van der Waals surface area contributed by atoms with Crippen LogP contribution >= 0.6 is 11.6 Å². The molecule has 1 aliphatic rings. The van der Waals surface area contributed by atoms with Crippen molar-refractivity contribution in [2.24, 2.45) is 0 Å². The van der Waals surface area contributed by atoms with Crippen LogP contribution in [0.15, 0.2) is 36.5 Å². The molecule has 0 fully saturated rings. The fourth-order valence-corrected chi connectivity index (χ4v) is 2.49. The summed E-state index contributed by atoms with van der Waals surface area (Å²) in [6.07, 6.45) is 1.60. The molecule has 2 heterocycles. The number of anilines is 1. The van der Waals surface area contributed by atoms with Gasteiger partial charge in [-0.2, -0.15) is 0 Å². The molecule has 0 spiro atoms. The molecule has 0 saturated carbocycles. The molecule has 1 amide bonds. The van der Waals surface area contributed by atoms with Gasteiger partial charge in [-0.15, -0.1) is 0 Å². The largest absolute Gasteiger partial charge is 0.481 e. The van der Waals surface area contributed by atoms with Gasteiger partial charge >= 0.3 is 0 Å². The Morgan fingerprint density at radius 1 is 1.29 bits per heavy atom. The Bertz CT molecular complexity index is 745. The van der Waals surface area contributed by atoms with E-state index in [4.69, 9.17) is 16.3 Å². The Kier molecular flexibility index (Phi) is 3.35. The maximum atomic E-state index is 12.1. The maximum absolute atomic E-state index is 12.1. The van der Waals surface area contributed by atoms with Gasteiger partial charge in [0.2, 0.25) is 5.88 Å². The number of carbonyl (C=O) groups is 2. The Hall–Kier alpha value is -2.40. The molecule has 0 radical (unpaired) electrons. The van der Waals surface area contributed by atoms with Crippen LogP contribution in [-0.2, 0) is 11.3 Å². The lowest BCUT2D eigenvalue weighted by Gasteiger charge is -2.17. The number of amides is 1. The lowest BCUT2D eigenvalue weighted by atomic mass is 10.1. The van der Waals surface area contributed by atoms with Crippen molar-refractivity contribution in [2.75, 3.05) is 12.0 Å². The van der Waals surface area contributed by atoms with Gasteiger partial charge in [0.1, 0.15) is 0 Å². The van der Waals surface area contributed by atoms with Gasteiger partial charge in [-0.25, -0.2) is 4.98 Å². The number of methoxy groups -OCH3 is 1. The number of ketones is 1. The van der Waals surface area contributed by atoms with Crippen molar-refractivity contribution in [3.63, 3.8) is 0 Å². The second kappa shape index (κ2) is 5.18. The molecule has 106 valence electrons. The smallest absolute Gasteiger partial charge is 0.299 e. The number of pyridine rings is 1. The van der Waals surface area contributed by atoms with Gasteiger partial charge in [0.25, 0.3) is 11.7 Å². The number of carbonyl (C=O) groups excluding carboxylic acids is 2. The molecule has 1 aliphatic heterocycles. The van der Waals surface area contributed by atoms with E-state index >= 15 is 0 Å². The van der Waals surface area contributed by atoms with Crippen LogP contribution in [0.2, 0.25) is 5.02 Å². The molecule has 21 heavy (non-hydrogen) atoms. The van der Waals surface area contributed by atoms with Gasteiger partial charge in [-0.3, -0.25) is 9.59 Å². The molecule has 0 atom stereocenters. The number of Topliss-reactive ketones (excluding diaryl/α,β-unsaturated/α-hetero) is 1. The first-order chi connectivity index (χ1) is 10.1. The van der Waals surface area contributed by atoms with Crippen LogP contribution in [0.5, 0.6) is 5.88 Å². The predicted octanol–water partition coefficient (Wildman–Crippen LogP) is 2.47. The van der Waals surface area contributed by atoms with E-state index in [0.717, 1.165) is 0 Å². The molecule has 1 aromatic heterocycles. The van der Waals surface area contributed by atoms with E-state index in [-0.39, 0.29) is 6.54 Å². The van der Waals surface area contributed by atoms with Gasteiger partial charge < -0.3 is 9.64 Å². The van der Waals surface area contributed by atoms with Crippen LogP contribution in [0.1, 0.15) is 15.9 Å². The molecule has 1 aromatic carbocycles. The van der Waals surface area contributed by atoms with E-state index < -0.39 is 11.7 Å². The first kappa shape index (κ1) is 13.6. The summed E-state index contributed by atoms with van der Waals surface area (Å²) in [6, 6.07) is 8.33. The van der Waals surface area contributed by atoms with E-state index in [2.05, 4.69) is 4.98 Å². The molecule has 0 aliphatic carbocycles. The van der Waals surface area contributed by atoms with Crippen molar-refractivity contribution < 1.29 is 14.3 Å². The summed E-state index contributed by atoms with van der Waals surface area (Å²) >= 11 is 5.96. The van der Waals surface area contributed by atoms with E-state index in [1.807, 2.05) is 0 Å². The van der Waals surface area contributed by atoms with Crippen LogP contribution in [0.25, 0.3) is 0 Å². The summed E-state index contributed by atoms with van der Waals surface area (Å²) in [6.45, 7) is 0.203. The summed E-state index contributed by atoms with van der Waals surface area (Å²) in [7, 11) is 1.51. The Morgan fingerprint density at radius 3 is 2.86 bits per heavy atom. The highest BCUT2D eigenvalue weighted by atomic mass is 35.5. The van der Waals surface area contributed by atoms with Gasteiger partial charge in [0.15, 0.2) is 0 Å². The molecular weight excluding hydrogens is 292 g/mol. The quantitative estimate of drug-likeness (QED) is 0.817. The second-order valence-electron chi connectivity index (χ2n) is 4.55. The van der Waals surface area contributed by atoms with Crippen molar-refractivity contribution in [3.05, 3.63) is 52.7 Å². The van der Waals surface area contributed by atoms with Crippen LogP contribution < -0.4 is 9.64 Å². The van der Waals surface area contributed by atoms with E-state index in [0.29, 0.717) is 27.7 Å². The van der Waals surface area contributed by atoms with Crippen molar-refractivity contribution in [1.82, 2.24) is 4.98 Å². The predicted molar refractivity (Wildman–Crippen MR) is 77.8 cm³/mol. The third-order valence-corrected chi connectivity index (χ3v) is 3.54. The van der Waals surface area contributed by atoms with Crippen LogP contribution in [0.3, 0.4) is 0 Å². The summed E-state index contributed by atoms with van der Waals surface area (Å²) < 4.78 is 5.17. The zero-order valence-corrected chi connectivity index (χ0v) is 11.9. The molecule has 0 N–H and O–H groups in total. The van der Waals surface area contributed by atoms with Crippen molar-refractivity contribution in [1.29, 1.82) is 0 Å². The minimum Gasteiger partial charge on any atom is -0.481 e. The highest BCUT2D eigenvalue weighted by Crippen LogP contribution is 2.33. The average molecular weight is 303 g/mol. The van der Waals surface area contributed by atoms with Crippen LogP contribution in [0.4, 0.5) is 5.69 Å². The third-order valence-electron chi connectivity index (χ3n) is 3.31. The summed E-state index contributed by atoms with van der Waals surface area (Å²) in [5.41, 5.74) is 1.60. The zero-order valence-electron chi connectivity index (χ0n) is 11.2. The molecule has 2 aromatic rings. The van der Waals surface area contributed by atoms with Crippen molar-refractivity contribution in [2.45, 2.75) is 6.54 Å². The van der Waals surface area contributed by atoms with Crippen molar-refractivity contribution >= 4 is 29.0 Å². The number of fused-ring (bicyclic) bond motifs is 1. The van der Waals surface area contributed by atoms with Crippen LogP contribution in [-0.4, -0.2) is 23.8 Å². The normalized spacial score (nSPS) is 13.5. The Balaban J connectivity index is 2.02. The minimum atomic E-state index is -0.571. The number of aromatic nitrogens is 1. The zero-order chi connectivity index (χ0) is 15.0. The molecule has 6 heteroatoms. The van der Waals surface area contributed by atoms with E-state index in [1.54, 1.807) is 36.5 Å². The lowest BCUT2D eigenvalue weighted by Crippen LogP contribution is -2.29. The molecule has 0 saturated heterocycles.